The maximum absolute atomic E-state index is 12.0. The Balaban J connectivity index is 2.28. The van der Waals surface area contributed by atoms with E-state index in [1.165, 1.54) is 6.07 Å². The standard InChI is InChI=1S/C13H9BrClNO2/c14-10-7-6-9(12(17)11(10)15)13(18)16-8-4-2-1-3-5-8/h1-7,17H,(H,16,18). The van der Waals surface area contributed by atoms with Crippen LogP contribution in [0.4, 0.5) is 5.69 Å². The second kappa shape index (κ2) is 5.42. The van der Waals surface area contributed by atoms with Gasteiger partial charge in [0.15, 0.2) is 0 Å². The van der Waals surface area contributed by atoms with E-state index >= 15 is 0 Å². The highest BCUT2D eigenvalue weighted by molar-refractivity contribution is 9.10. The van der Waals surface area contributed by atoms with Crippen LogP contribution in [0.1, 0.15) is 10.4 Å². The third-order valence-electron chi connectivity index (χ3n) is 2.35. The van der Waals surface area contributed by atoms with E-state index in [0.717, 1.165) is 0 Å². The van der Waals surface area contributed by atoms with Crippen molar-refractivity contribution in [2.24, 2.45) is 0 Å². The van der Waals surface area contributed by atoms with Gasteiger partial charge < -0.3 is 10.4 Å². The Morgan fingerprint density at radius 1 is 1.17 bits per heavy atom. The summed E-state index contributed by atoms with van der Waals surface area (Å²) < 4.78 is 0.540. The summed E-state index contributed by atoms with van der Waals surface area (Å²) >= 11 is 9.03. The number of amides is 1. The molecule has 2 rings (SSSR count). The molecule has 0 fully saturated rings. The number of phenolic OH excluding ortho intramolecular Hbond substituents is 1. The molecule has 0 aliphatic rings. The van der Waals surface area contributed by atoms with Gasteiger partial charge in [0, 0.05) is 10.2 Å². The van der Waals surface area contributed by atoms with Crippen molar-refractivity contribution in [2.75, 3.05) is 5.32 Å². The predicted molar refractivity (Wildman–Crippen MR) is 75.2 cm³/mol. The molecule has 92 valence electrons. The summed E-state index contributed by atoms with van der Waals surface area (Å²) in [5, 5.41) is 12.6. The average molecular weight is 327 g/mol. The number of aromatic hydroxyl groups is 1. The summed E-state index contributed by atoms with van der Waals surface area (Å²) in [4.78, 5) is 12.0. The van der Waals surface area contributed by atoms with Crippen molar-refractivity contribution in [1.29, 1.82) is 0 Å². The van der Waals surface area contributed by atoms with Crippen LogP contribution < -0.4 is 5.32 Å². The number of carbonyl (C=O) groups is 1. The molecule has 0 aliphatic carbocycles. The van der Waals surface area contributed by atoms with Crippen LogP contribution >= 0.6 is 27.5 Å². The lowest BCUT2D eigenvalue weighted by atomic mass is 10.2. The molecular weight excluding hydrogens is 318 g/mol. The molecule has 0 spiro atoms. The van der Waals surface area contributed by atoms with Gasteiger partial charge in [-0.1, -0.05) is 29.8 Å². The molecule has 0 aromatic heterocycles. The van der Waals surface area contributed by atoms with Gasteiger partial charge >= 0.3 is 0 Å². The number of anilines is 1. The molecule has 2 aromatic rings. The molecule has 2 N–H and O–H groups in total. The molecule has 0 radical (unpaired) electrons. The van der Waals surface area contributed by atoms with E-state index in [-0.39, 0.29) is 16.3 Å². The van der Waals surface area contributed by atoms with Gasteiger partial charge in [0.1, 0.15) is 5.75 Å². The molecule has 0 aliphatic heterocycles. The van der Waals surface area contributed by atoms with Crippen LogP contribution in [0.5, 0.6) is 5.75 Å². The number of benzene rings is 2. The number of halogens is 2. The Bertz CT molecular complexity index is 587. The maximum atomic E-state index is 12.0. The van der Waals surface area contributed by atoms with E-state index in [4.69, 9.17) is 11.6 Å². The summed E-state index contributed by atoms with van der Waals surface area (Å²) in [7, 11) is 0. The summed E-state index contributed by atoms with van der Waals surface area (Å²) in [5.41, 5.74) is 0.785. The van der Waals surface area contributed by atoms with Crippen molar-refractivity contribution < 1.29 is 9.90 Å². The number of nitrogens with one attached hydrogen (secondary N) is 1. The molecule has 0 atom stereocenters. The minimum atomic E-state index is -0.409. The van der Waals surface area contributed by atoms with E-state index in [9.17, 15) is 9.90 Å². The van der Waals surface area contributed by atoms with Crippen LogP contribution in [0.2, 0.25) is 5.02 Å². The van der Waals surface area contributed by atoms with Gasteiger partial charge in [0.2, 0.25) is 0 Å². The van der Waals surface area contributed by atoms with Crippen LogP contribution in [-0.4, -0.2) is 11.0 Å². The third-order valence-corrected chi connectivity index (χ3v) is 3.62. The lowest BCUT2D eigenvalue weighted by molar-refractivity contribution is 0.102. The first-order valence-corrected chi connectivity index (χ1v) is 6.30. The van der Waals surface area contributed by atoms with Gasteiger partial charge in [-0.25, -0.2) is 0 Å². The van der Waals surface area contributed by atoms with Crippen molar-refractivity contribution in [3.8, 4) is 5.75 Å². The van der Waals surface area contributed by atoms with E-state index in [2.05, 4.69) is 21.2 Å². The number of phenols is 1. The molecule has 0 unspecified atom stereocenters. The number of rotatable bonds is 2. The minimum Gasteiger partial charge on any atom is -0.506 e. The van der Waals surface area contributed by atoms with Crippen LogP contribution in [0.25, 0.3) is 0 Å². The number of hydrogen-bond donors (Lipinski definition) is 2. The Kier molecular flexibility index (Phi) is 3.89. The summed E-state index contributed by atoms with van der Waals surface area (Å²) in [6, 6.07) is 12.1. The molecule has 3 nitrogen and oxygen atoms in total. The van der Waals surface area contributed by atoms with Gasteiger partial charge in [0.25, 0.3) is 5.91 Å². The zero-order valence-corrected chi connectivity index (χ0v) is 11.5. The minimum absolute atomic E-state index is 0.121. The summed E-state index contributed by atoms with van der Waals surface area (Å²) in [6.07, 6.45) is 0. The topological polar surface area (TPSA) is 49.3 Å². The fourth-order valence-corrected chi connectivity index (χ4v) is 1.93. The summed E-state index contributed by atoms with van der Waals surface area (Å²) in [5.74, 6) is -0.646. The van der Waals surface area contributed by atoms with Gasteiger partial charge in [-0.15, -0.1) is 0 Å². The van der Waals surface area contributed by atoms with Gasteiger partial charge in [-0.2, -0.15) is 0 Å². The quantitative estimate of drug-likeness (QED) is 0.874. The number of carbonyl (C=O) groups excluding carboxylic acids is 1. The van der Waals surface area contributed by atoms with Crippen molar-refractivity contribution in [3.05, 3.63) is 57.5 Å². The summed E-state index contributed by atoms with van der Waals surface area (Å²) in [6.45, 7) is 0. The van der Waals surface area contributed by atoms with E-state index in [0.29, 0.717) is 10.2 Å². The molecule has 1 amide bonds. The van der Waals surface area contributed by atoms with Gasteiger partial charge in [0.05, 0.1) is 10.6 Å². The SMILES string of the molecule is O=C(Nc1ccccc1)c1ccc(Br)c(Cl)c1O. The van der Waals surface area contributed by atoms with Crippen molar-refractivity contribution in [3.63, 3.8) is 0 Å². The van der Waals surface area contributed by atoms with Crippen molar-refractivity contribution in [2.45, 2.75) is 0 Å². The highest BCUT2D eigenvalue weighted by Gasteiger charge is 2.15. The number of hydrogen-bond acceptors (Lipinski definition) is 2. The third kappa shape index (κ3) is 2.66. The maximum Gasteiger partial charge on any atom is 0.259 e. The fraction of sp³-hybridized carbons (Fsp3) is 0. The normalized spacial score (nSPS) is 10.1. The Morgan fingerprint density at radius 2 is 1.83 bits per heavy atom. The van der Waals surface area contributed by atoms with E-state index < -0.39 is 5.91 Å². The van der Waals surface area contributed by atoms with E-state index in [1.54, 1.807) is 18.2 Å². The van der Waals surface area contributed by atoms with Gasteiger partial charge in [-0.3, -0.25) is 4.79 Å². The predicted octanol–water partition coefficient (Wildman–Crippen LogP) is 4.06. The van der Waals surface area contributed by atoms with E-state index in [1.807, 2.05) is 18.2 Å². The van der Waals surface area contributed by atoms with Crippen LogP contribution in [0.15, 0.2) is 46.9 Å². The average Bonchev–Trinajstić information content (AvgIpc) is 2.37. The molecule has 2 aromatic carbocycles. The zero-order valence-electron chi connectivity index (χ0n) is 9.15. The molecule has 0 saturated carbocycles. The second-order valence-corrected chi connectivity index (χ2v) is 4.81. The van der Waals surface area contributed by atoms with Crippen LogP contribution in [-0.2, 0) is 0 Å². The largest absolute Gasteiger partial charge is 0.506 e. The molecule has 18 heavy (non-hydrogen) atoms. The Morgan fingerprint density at radius 3 is 2.50 bits per heavy atom. The first-order chi connectivity index (χ1) is 8.59. The Labute approximate surface area is 118 Å². The fourth-order valence-electron chi connectivity index (χ4n) is 1.44. The van der Waals surface area contributed by atoms with Gasteiger partial charge in [-0.05, 0) is 40.2 Å². The zero-order chi connectivity index (χ0) is 13.1. The highest BCUT2D eigenvalue weighted by Crippen LogP contribution is 2.34. The van der Waals surface area contributed by atoms with Crippen molar-refractivity contribution >= 4 is 39.1 Å². The second-order valence-electron chi connectivity index (χ2n) is 3.58. The molecule has 0 heterocycles. The van der Waals surface area contributed by atoms with Crippen LogP contribution in [0, 0.1) is 0 Å². The smallest absolute Gasteiger partial charge is 0.259 e. The molecule has 5 heteroatoms. The molecule has 0 saturated heterocycles. The molecule has 0 bridgehead atoms. The lowest BCUT2D eigenvalue weighted by Crippen LogP contribution is -2.12. The first kappa shape index (κ1) is 12.9. The lowest BCUT2D eigenvalue weighted by Gasteiger charge is -2.08. The Hall–Kier alpha value is -1.52. The van der Waals surface area contributed by atoms with Crippen LogP contribution in [0.3, 0.4) is 0 Å². The monoisotopic (exact) mass is 325 g/mol. The number of para-hydroxylation sites is 1. The highest BCUT2D eigenvalue weighted by atomic mass is 79.9. The van der Waals surface area contributed by atoms with Crippen molar-refractivity contribution in [1.82, 2.24) is 0 Å². The molecular formula is C13H9BrClNO2. The first-order valence-electron chi connectivity index (χ1n) is 5.13.